The molecule has 2 heterocycles. The van der Waals surface area contributed by atoms with E-state index in [1.165, 1.54) is 6.42 Å². The summed E-state index contributed by atoms with van der Waals surface area (Å²) in [4.78, 5) is 20.1. The van der Waals surface area contributed by atoms with E-state index >= 15 is 0 Å². The van der Waals surface area contributed by atoms with Crippen molar-refractivity contribution in [3.8, 4) is 11.5 Å². The van der Waals surface area contributed by atoms with E-state index in [9.17, 15) is 4.79 Å². The standard InChI is InChI=1S/C18H24N2O4/c1-12-6-4-5-9-20(12)18(21)17-11-14(19-24-17)13-7-8-15(22-2)16(10-13)23-3/h7-8,10,12,17H,4-6,9,11H2,1-3H3. The van der Waals surface area contributed by atoms with Crippen LogP contribution in [-0.2, 0) is 9.63 Å². The van der Waals surface area contributed by atoms with Crippen LogP contribution in [-0.4, -0.2) is 49.4 Å². The number of nitrogens with zero attached hydrogens (tertiary/aromatic N) is 2. The molecule has 1 saturated heterocycles. The third kappa shape index (κ3) is 3.18. The largest absolute Gasteiger partial charge is 0.493 e. The third-order valence-electron chi connectivity index (χ3n) is 4.75. The van der Waals surface area contributed by atoms with Gasteiger partial charge in [-0.2, -0.15) is 0 Å². The summed E-state index contributed by atoms with van der Waals surface area (Å²) >= 11 is 0. The summed E-state index contributed by atoms with van der Waals surface area (Å²) in [6, 6.07) is 5.87. The molecule has 2 aliphatic rings. The maximum Gasteiger partial charge on any atom is 0.267 e. The number of carbonyl (C=O) groups is 1. The van der Waals surface area contributed by atoms with Gasteiger partial charge in [0.25, 0.3) is 5.91 Å². The number of piperidine rings is 1. The Kier molecular flexibility index (Phi) is 4.92. The first-order chi connectivity index (χ1) is 11.6. The zero-order valence-corrected chi connectivity index (χ0v) is 14.4. The lowest BCUT2D eigenvalue weighted by Crippen LogP contribution is -2.47. The second kappa shape index (κ2) is 7.11. The van der Waals surface area contributed by atoms with Crippen molar-refractivity contribution >= 4 is 11.6 Å². The number of carbonyl (C=O) groups excluding carboxylic acids is 1. The predicted molar refractivity (Wildman–Crippen MR) is 90.6 cm³/mol. The minimum atomic E-state index is -0.520. The minimum Gasteiger partial charge on any atom is -0.493 e. The number of hydrogen-bond acceptors (Lipinski definition) is 5. The van der Waals surface area contributed by atoms with E-state index in [1.807, 2.05) is 23.1 Å². The van der Waals surface area contributed by atoms with Crippen LogP contribution in [0.4, 0.5) is 0 Å². The molecule has 2 unspecified atom stereocenters. The molecule has 6 nitrogen and oxygen atoms in total. The second-order valence-electron chi connectivity index (χ2n) is 6.28. The van der Waals surface area contributed by atoms with Crippen molar-refractivity contribution in [2.75, 3.05) is 20.8 Å². The van der Waals surface area contributed by atoms with Gasteiger partial charge < -0.3 is 19.2 Å². The van der Waals surface area contributed by atoms with Gasteiger partial charge in [0.1, 0.15) is 0 Å². The Balaban J connectivity index is 1.69. The van der Waals surface area contributed by atoms with Gasteiger partial charge in [-0.15, -0.1) is 0 Å². The summed E-state index contributed by atoms with van der Waals surface area (Å²) in [6.45, 7) is 2.91. The molecule has 0 spiro atoms. The molecule has 1 aromatic rings. The van der Waals surface area contributed by atoms with Gasteiger partial charge in [-0.05, 0) is 44.4 Å². The van der Waals surface area contributed by atoms with Gasteiger partial charge in [0.2, 0.25) is 6.10 Å². The lowest BCUT2D eigenvalue weighted by atomic mass is 10.0. The molecule has 0 N–H and O–H groups in total. The molecule has 0 aliphatic carbocycles. The first kappa shape index (κ1) is 16.6. The molecule has 0 saturated carbocycles. The minimum absolute atomic E-state index is 0.0430. The highest BCUT2D eigenvalue weighted by Crippen LogP contribution is 2.30. The topological polar surface area (TPSA) is 60.4 Å². The third-order valence-corrected chi connectivity index (χ3v) is 4.75. The monoisotopic (exact) mass is 332 g/mol. The zero-order chi connectivity index (χ0) is 17.1. The van der Waals surface area contributed by atoms with Gasteiger partial charge in [-0.25, -0.2) is 0 Å². The van der Waals surface area contributed by atoms with Gasteiger partial charge in [0.15, 0.2) is 11.5 Å². The van der Waals surface area contributed by atoms with Gasteiger partial charge in [-0.3, -0.25) is 4.79 Å². The molecule has 3 rings (SSSR count). The van der Waals surface area contributed by atoms with Crippen LogP contribution >= 0.6 is 0 Å². The van der Waals surface area contributed by atoms with Crippen LogP contribution in [0, 0.1) is 0 Å². The Morgan fingerprint density at radius 3 is 2.75 bits per heavy atom. The fourth-order valence-corrected chi connectivity index (χ4v) is 3.31. The average Bonchev–Trinajstić information content (AvgIpc) is 3.11. The summed E-state index contributed by atoms with van der Waals surface area (Å²) in [5.41, 5.74) is 1.65. The predicted octanol–water partition coefficient (Wildman–Crippen LogP) is 2.60. The second-order valence-corrected chi connectivity index (χ2v) is 6.28. The molecule has 0 radical (unpaired) electrons. The van der Waals surface area contributed by atoms with Gasteiger partial charge in [-0.1, -0.05) is 5.16 Å². The number of benzene rings is 1. The number of methoxy groups -OCH3 is 2. The average molecular weight is 332 g/mol. The zero-order valence-electron chi connectivity index (χ0n) is 14.4. The maximum absolute atomic E-state index is 12.7. The number of likely N-dealkylation sites (tertiary alicyclic amines) is 1. The maximum atomic E-state index is 12.7. The normalized spacial score (nSPS) is 23.5. The summed E-state index contributed by atoms with van der Waals surface area (Å²) in [5.74, 6) is 1.34. The van der Waals surface area contributed by atoms with Crippen molar-refractivity contribution in [1.82, 2.24) is 4.90 Å². The first-order valence-electron chi connectivity index (χ1n) is 8.39. The molecule has 2 aliphatic heterocycles. The summed E-state index contributed by atoms with van der Waals surface area (Å²) in [7, 11) is 3.20. The summed E-state index contributed by atoms with van der Waals surface area (Å²) in [5, 5.41) is 4.13. The molecule has 2 atom stereocenters. The highest BCUT2D eigenvalue weighted by atomic mass is 16.6. The Morgan fingerprint density at radius 1 is 1.25 bits per heavy atom. The molecular formula is C18H24N2O4. The SMILES string of the molecule is COc1ccc(C2=NOC(C(=O)N3CCCCC3C)C2)cc1OC. The van der Waals surface area contributed by atoms with E-state index in [2.05, 4.69) is 12.1 Å². The number of oxime groups is 1. The van der Waals surface area contributed by atoms with Crippen LogP contribution in [0.5, 0.6) is 11.5 Å². The van der Waals surface area contributed by atoms with Gasteiger partial charge >= 0.3 is 0 Å². The molecule has 24 heavy (non-hydrogen) atoms. The van der Waals surface area contributed by atoms with Crippen molar-refractivity contribution in [3.63, 3.8) is 0 Å². The molecular weight excluding hydrogens is 308 g/mol. The summed E-state index contributed by atoms with van der Waals surface area (Å²) in [6.07, 6.45) is 3.27. The van der Waals surface area contributed by atoms with E-state index in [-0.39, 0.29) is 11.9 Å². The molecule has 1 amide bonds. The Morgan fingerprint density at radius 2 is 2.04 bits per heavy atom. The van der Waals surface area contributed by atoms with Crippen LogP contribution in [0.15, 0.2) is 23.4 Å². The lowest BCUT2D eigenvalue weighted by molar-refractivity contribution is -0.145. The summed E-state index contributed by atoms with van der Waals surface area (Å²) < 4.78 is 10.6. The van der Waals surface area contributed by atoms with Crippen LogP contribution in [0.1, 0.15) is 38.2 Å². The molecule has 6 heteroatoms. The quantitative estimate of drug-likeness (QED) is 0.850. The number of ether oxygens (including phenoxy) is 2. The molecule has 0 bridgehead atoms. The lowest BCUT2D eigenvalue weighted by Gasteiger charge is -2.34. The van der Waals surface area contributed by atoms with Crippen molar-refractivity contribution in [1.29, 1.82) is 0 Å². The van der Waals surface area contributed by atoms with Gasteiger partial charge in [0.05, 0.1) is 19.9 Å². The van der Waals surface area contributed by atoms with Crippen molar-refractivity contribution in [2.24, 2.45) is 5.16 Å². The van der Waals surface area contributed by atoms with Crippen molar-refractivity contribution in [3.05, 3.63) is 23.8 Å². The van der Waals surface area contributed by atoms with Crippen molar-refractivity contribution < 1.29 is 19.1 Å². The smallest absolute Gasteiger partial charge is 0.267 e. The number of amides is 1. The Labute approximate surface area is 142 Å². The van der Waals surface area contributed by atoms with E-state index < -0.39 is 6.10 Å². The van der Waals surface area contributed by atoms with Crippen LogP contribution < -0.4 is 9.47 Å². The first-order valence-corrected chi connectivity index (χ1v) is 8.39. The van der Waals surface area contributed by atoms with Crippen LogP contribution in [0.3, 0.4) is 0 Å². The van der Waals surface area contributed by atoms with E-state index in [1.54, 1.807) is 14.2 Å². The van der Waals surface area contributed by atoms with E-state index in [4.69, 9.17) is 14.3 Å². The number of rotatable bonds is 4. The molecule has 1 aromatic carbocycles. The van der Waals surface area contributed by atoms with E-state index in [0.717, 1.165) is 30.7 Å². The van der Waals surface area contributed by atoms with Gasteiger partial charge in [0, 0.05) is 24.6 Å². The molecule has 130 valence electrons. The fraction of sp³-hybridized carbons (Fsp3) is 0.556. The fourth-order valence-electron chi connectivity index (χ4n) is 3.31. The molecule has 1 fully saturated rings. The van der Waals surface area contributed by atoms with E-state index in [0.29, 0.717) is 17.9 Å². The highest BCUT2D eigenvalue weighted by molar-refractivity contribution is 6.04. The Bertz CT molecular complexity index is 644. The van der Waals surface area contributed by atoms with Crippen LogP contribution in [0.25, 0.3) is 0 Å². The number of hydrogen-bond donors (Lipinski definition) is 0. The molecule has 0 aromatic heterocycles. The Hall–Kier alpha value is -2.24. The highest BCUT2D eigenvalue weighted by Gasteiger charge is 2.35. The van der Waals surface area contributed by atoms with Crippen molar-refractivity contribution in [2.45, 2.75) is 44.8 Å². The van der Waals surface area contributed by atoms with Crippen LogP contribution in [0.2, 0.25) is 0 Å².